The third-order valence-electron chi connectivity index (χ3n) is 4.25. The Morgan fingerprint density at radius 1 is 1.00 bits per heavy atom. The van der Waals surface area contributed by atoms with Gasteiger partial charge in [0, 0.05) is 24.7 Å². The normalized spacial score (nSPS) is 11.7. The van der Waals surface area contributed by atoms with Crippen LogP contribution in [0.25, 0.3) is 16.9 Å². The molecule has 22 heavy (non-hydrogen) atoms. The lowest BCUT2D eigenvalue weighted by Gasteiger charge is -2.08. The van der Waals surface area contributed by atoms with Gasteiger partial charge in [0.15, 0.2) is 0 Å². The smallest absolute Gasteiger partial charge is 0.207 e. The molecule has 1 aromatic heterocycles. The average molecular weight is 356 g/mol. The molecule has 4 rings (SSSR count). The summed E-state index contributed by atoms with van der Waals surface area (Å²) < 4.78 is 4.07. The fourth-order valence-corrected chi connectivity index (χ4v) is 3.19. The average Bonchev–Trinajstić information content (AvgIpc) is 2.77. The third kappa shape index (κ3) is 2.06. The summed E-state index contributed by atoms with van der Waals surface area (Å²) >= 11 is 0. The Bertz CT molecular complexity index is 889. The van der Waals surface area contributed by atoms with Crippen molar-refractivity contribution in [1.29, 1.82) is 5.41 Å². The molecule has 3 nitrogen and oxygen atoms in total. The van der Waals surface area contributed by atoms with Crippen LogP contribution in [0.15, 0.2) is 54.7 Å². The maximum Gasteiger partial charge on any atom is 0.207 e. The number of hydrogen-bond donors (Lipinski definition) is 1. The first-order chi connectivity index (χ1) is 10.3. The second-order valence-electron chi connectivity index (χ2n) is 5.42. The van der Waals surface area contributed by atoms with Crippen LogP contribution in [0.3, 0.4) is 0 Å². The van der Waals surface area contributed by atoms with Crippen LogP contribution in [0.5, 0.6) is 0 Å². The summed E-state index contributed by atoms with van der Waals surface area (Å²) in [5, 5.41) is 8.50. The van der Waals surface area contributed by atoms with E-state index in [1.807, 2.05) is 10.6 Å². The summed E-state index contributed by atoms with van der Waals surface area (Å²) in [7, 11) is 0. The van der Waals surface area contributed by atoms with E-state index in [2.05, 4.69) is 60.2 Å². The highest BCUT2D eigenvalue weighted by Crippen LogP contribution is 2.32. The first-order valence-electron chi connectivity index (χ1n) is 7.33. The molecule has 0 radical (unpaired) electrons. The molecule has 0 atom stereocenters. The van der Waals surface area contributed by atoms with E-state index < -0.39 is 0 Å². The number of benzene rings is 2. The van der Waals surface area contributed by atoms with Gasteiger partial charge in [-0.05, 0) is 24.1 Å². The SMILES string of the molecule is Br.CCn1cc2n(c1=N)-c1ccccc1Cc1ccccc1-2. The minimum absolute atomic E-state index is 0. The highest BCUT2D eigenvalue weighted by molar-refractivity contribution is 8.93. The van der Waals surface area contributed by atoms with Gasteiger partial charge in [-0.1, -0.05) is 42.5 Å². The molecule has 112 valence electrons. The monoisotopic (exact) mass is 355 g/mol. The minimum Gasteiger partial charge on any atom is -0.317 e. The Morgan fingerprint density at radius 2 is 1.68 bits per heavy atom. The van der Waals surface area contributed by atoms with E-state index in [0.29, 0.717) is 5.62 Å². The molecule has 3 aromatic rings. The van der Waals surface area contributed by atoms with Crippen molar-refractivity contribution in [2.75, 3.05) is 0 Å². The van der Waals surface area contributed by atoms with E-state index >= 15 is 0 Å². The topological polar surface area (TPSA) is 33.7 Å². The number of hydrogen-bond acceptors (Lipinski definition) is 1. The summed E-state index contributed by atoms with van der Waals surface area (Å²) in [5.74, 6) is 0. The van der Waals surface area contributed by atoms with Gasteiger partial charge in [0.05, 0.1) is 11.4 Å². The molecule has 0 aliphatic carbocycles. The van der Waals surface area contributed by atoms with Crippen molar-refractivity contribution in [3.8, 4) is 16.9 Å². The van der Waals surface area contributed by atoms with Crippen LogP contribution in [-0.4, -0.2) is 9.13 Å². The Kier molecular flexibility index (Phi) is 3.79. The molecule has 2 heterocycles. The summed E-state index contributed by atoms with van der Waals surface area (Å²) in [4.78, 5) is 0. The first kappa shape index (κ1) is 14.9. The van der Waals surface area contributed by atoms with Crippen LogP contribution < -0.4 is 5.62 Å². The van der Waals surface area contributed by atoms with Crippen LogP contribution in [-0.2, 0) is 13.0 Å². The number of nitrogens with one attached hydrogen (secondary N) is 1. The lowest BCUT2D eigenvalue weighted by molar-refractivity contribution is 0.681. The minimum atomic E-state index is 0. The lowest BCUT2D eigenvalue weighted by atomic mass is 9.99. The van der Waals surface area contributed by atoms with E-state index in [4.69, 9.17) is 5.41 Å². The van der Waals surface area contributed by atoms with Gasteiger partial charge in [-0.15, -0.1) is 17.0 Å². The maximum absolute atomic E-state index is 8.50. The zero-order chi connectivity index (χ0) is 14.4. The number of aryl methyl sites for hydroxylation is 1. The standard InChI is InChI=1S/C18H17N3.BrH/c1-2-20-12-17-15-9-5-3-7-13(15)11-14-8-4-6-10-16(14)21(17)18(20)19;/h3-10,12,19H,2,11H2,1H3;1H. The maximum atomic E-state index is 8.50. The molecular formula is C18H18BrN3. The predicted octanol–water partition coefficient (Wildman–Crippen LogP) is 3.93. The van der Waals surface area contributed by atoms with Crippen molar-refractivity contribution < 1.29 is 0 Å². The number of aromatic nitrogens is 2. The van der Waals surface area contributed by atoms with Crippen molar-refractivity contribution in [1.82, 2.24) is 9.13 Å². The fraction of sp³-hybridized carbons (Fsp3) is 0.167. The van der Waals surface area contributed by atoms with E-state index in [9.17, 15) is 0 Å². The number of para-hydroxylation sites is 1. The van der Waals surface area contributed by atoms with Gasteiger partial charge < -0.3 is 4.57 Å². The molecule has 1 aliphatic rings. The summed E-state index contributed by atoms with van der Waals surface area (Å²) in [6.45, 7) is 2.89. The molecule has 0 saturated heterocycles. The second kappa shape index (κ2) is 5.61. The van der Waals surface area contributed by atoms with Crippen molar-refractivity contribution in [2.24, 2.45) is 0 Å². The van der Waals surface area contributed by atoms with Gasteiger partial charge in [-0.3, -0.25) is 9.98 Å². The lowest BCUT2D eigenvalue weighted by Crippen LogP contribution is -2.23. The van der Waals surface area contributed by atoms with Crippen LogP contribution in [0.2, 0.25) is 0 Å². The van der Waals surface area contributed by atoms with E-state index in [1.165, 1.54) is 16.7 Å². The quantitative estimate of drug-likeness (QED) is 0.536. The molecule has 0 spiro atoms. The van der Waals surface area contributed by atoms with E-state index in [-0.39, 0.29) is 17.0 Å². The van der Waals surface area contributed by atoms with Gasteiger partial charge in [0.25, 0.3) is 0 Å². The van der Waals surface area contributed by atoms with Gasteiger partial charge in [0.1, 0.15) is 0 Å². The van der Waals surface area contributed by atoms with Crippen LogP contribution in [0.4, 0.5) is 0 Å². The van der Waals surface area contributed by atoms with Gasteiger partial charge in [-0.25, -0.2) is 0 Å². The molecule has 0 bridgehead atoms. The molecule has 2 aromatic carbocycles. The number of fused-ring (bicyclic) bond motifs is 5. The number of nitrogens with zero attached hydrogens (tertiary/aromatic N) is 2. The summed E-state index contributed by atoms with van der Waals surface area (Å²) in [6.07, 6.45) is 3.02. The number of rotatable bonds is 1. The third-order valence-corrected chi connectivity index (χ3v) is 4.25. The molecule has 0 amide bonds. The van der Waals surface area contributed by atoms with Gasteiger partial charge in [0.2, 0.25) is 5.62 Å². The van der Waals surface area contributed by atoms with Crippen molar-refractivity contribution >= 4 is 17.0 Å². The van der Waals surface area contributed by atoms with Crippen LogP contribution in [0, 0.1) is 5.41 Å². The highest BCUT2D eigenvalue weighted by atomic mass is 79.9. The first-order valence-corrected chi connectivity index (χ1v) is 7.33. The van der Waals surface area contributed by atoms with Crippen LogP contribution >= 0.6 is 17.0 Å². The predicted molar refractivity (Wildman–Crippen MR) is 93.9 cm³/mol. The Morgan fingerprint density at radius 3 is 2.45 bits per heavy atom. The molecular weight excluding hydrogens is 338 g/mol. The molecule has 4 heteroatoms. The molecule has 1 N–H and O–H groups in total. The Balaban J connectivity index is 0.00000144. The zero-order valence-corrected chi connectivity index (χ0v) is 14.1. The molecule has 0 fully saturated rings. The van der Waals surface area contributed by atoms with E-state index in [1.54, 1.807) is 0 Å². The van der Waals surface area contributed by atoms with Gasteiger partial charge in [-0.2, -0.15) is 0 Å². The Hall–Kier alpha value is -2.07. The van der Waals surface area contributed by atoms with Gasteiger partial charge >= 0.3 is 0 Å². The number of halogens is 1. The summed E-state index contributed by atoms with van der Waals surface area (Å²) in [5.41, 5.74) is 6.61. The zero-order valence-electron chi connectivity index (χ0n) is 12.4. The molecule has 1 aliphatic heterocycles. The van der Waals surface area contributed by atoms with Crippen molar-refractivity contribution in [2.45, 2.75) is 19.9 Å². The molecule has 0 saturated carbocycles. The van der Waals surface area contributed by atoms with Crippen molar-refractivity contribution in [3.05, 3.63) is 71.5 Å². The fourth-order valence-electron chi connectivity index (χ4n) is 3.19. The van der Waals surface area contributed by atoms with Crippen molar-refractivity contribution in [3.63, 3.8) is 0 Å². The Labute approximate surface area is 140 Å². The van der Waals surface area contributed by atoms with E-state index in [0.717, 1.165) is 24.3 Å². The largest absolute Gasteiger partial charge is 0.317 e. The second-order valence-corrected chi connectivity index (χ2v) is 5.42. The summed E-state index contributed by atoms with van der Waals surface area (Å²) in [6, 6.07) is 16.9. The highest BCUT2D eigenvalue weighted by Gasteiger charge is 2.20. The molecule has 0 unspecified atom stereocenters. The number of imidazole rings is 1. The van der Waals surface area contributed by atoms with Crippen LogP contribution in [0.1, 0.15) is 18.1 Å².